The number of H-pyrrole nitrogens is 1. The van der Waals surface area contributed by atoms with Gasteiger partial charge in [-0.3, -0.25) is 14.9 Å². The minimum atomic E-state index is -0.537. The summed E-state index contributed by atoms with van der Waals surface area (Å²) in [5.74, 6) is 0.430. The maximum Gasteiger partial charge on any atom is 0.212 e. The van der Waals surface area contributed by atoms with Crippen molar-refractivity contribution in [3.8, 4) is 11.3 Å². The molecule has 4 aromatic rings. The number of aromatic nitrogens is 5. The lowest BCUT2D eigenvalue weighted by atomic mass is 10.1. The van der Waals surface area contributed by atoms with Crippen molar-refractivity contribution in [3.05, 3.63) is 35.6 Å². The standard InChI is InChI=1S/C18H15ClFN7O/c19-15-14(11-6-27-7-12(23-8-28)25-13(27)5-21-11)10-4-24-26-17(10)18(16(15)20)22-3-9-1-2-9/h4-9,22H,1-3H2,(H,23,28)(H,24,26). The Labute approximate surface area is 163 Å². The summed E-state index contributed by atoms with van der Waals surface area (Å²) in [5.41, 5.74) is 2.32. The van der Waals surface area contributed by atoms with E-state index >= 15 is 4.39 Å². The molecule has 1 fully saturated rings. The second-order valence-electron chi connectivity index (χ2n) is 6.79. The lowest BCUT2D eigenvalue weighted by Crippen LogP contribution is -2.07. The minimum Gasteiger partial charge on any atom is -0.381 e. The van der Waals surface area contributed by atoms with Crippen molar-refractivity contribution in [2.45, 2.75) is 12.8 Å². The van der Waals surface area contributed by atoms with Gasteiger partial charge in [0.2, 0.25) is 6.41 Å². The monoisotopic (exact) mass is 399 g/mol. The van der Waals surface area contributed by atoms with E-state index in [-0.39, 0.29) is 5.02 Å². The normalized spacial score (nSPS) is 13.9. The molecule has 5 rings (SSSR count). The maximum absolute atomic E-state index is 15.1. The molecule has 0 aliphatic heterocycles. The Morgan fingerprint density at radius 3 is 3.00 bits per heavy atom. The van der Waals surface area contributed by atoms with E-state index in [2.05, 4.69) is 30.8 Å². The molecule has 3 heterocycles. The Hall–Kier alpha value is -3.20. The van der Waals surface area contributed by atoms with E-state index in [1.807, 2.05) is 0 Å². The van der Waals surface area contributed by atoms with E-state index < -0.39 is 5.82 Å². The fourth-order valence-electron chi connectivity index (χ4n) is 3.26. The molecule has 0 radical (unpaired) electrons. The van der Waals surface area contributed by atoms with Crippen molar-refractivity contribution < 1.29 is 9.18 Å². The first-order valence-electron chi connectivity index (χ1n) is 8.79. The quantitative estimate of drug-likeness (QED) is 0.431. The average Bonchev–Trinajstić information content (AvgIpc) is 3.23. The van der Waals surface area contributed by atoms with Crippen LogP contribution in [0.15, 0.2) is 24.8 Å². The lowest BCUT2D eigenvalue weighted by molar-refractivity contribution is -0.105. The van der Waals surface area contributed by atoms with Crippen molar-refractivity contribution in [2.24, 2.45) is 5.92 Å². The Balaban J connectivity index is 1.65. The van der Waals surface area contributed by atoms with E-state index in [9.17, 15) is 4.79 Å². The van der Waals surface area contributed by atoms with Crippen LogP contribution in [0.1, 0.15) is 12.8 Å². The van der Waals surface area contributed by atoms with E-state index in [0.29, 0.717) is 58.2 Å². The third-order valence-corrected chi connectivity index (χ3v) is 5.21. The van der Waals surface area contributed by atoms with E-state index in [0.717, 1.165) is 12.8 Å². The highest BCUT2D eigenvalue weighted by molar-refractivity contribution is 6.35. The van der Waals surface area contributed by atoms with Crippen LogP contribution in [0.3, 0.4) is 0 Å². The van der Waals surface area contributed by atoms with Gasteiger partial charge in [0.15, 0.2) is 17.3 Å². The second-order valence-corrected chi connectivity index (χ2v) is 7.17. The maximum atomic E-state index is 15.1. The highest BCUT2D eigenvalue weighted by Crippen LogP contribution is 2.41. The van der Waals surface area contributed by atoms with Crippen LogP contribution in [0.5, 0.6) is 0 Å². The number of rotatable bonds is 6. The zero-order chi connectivity index (χ0) is 19.3. The number of halogens is 2. The molecule has 1 aliphatic carbocycles. The molecule has 28 heavy (non-hydrogen) atoms. The van der Waals surface area contributed by atoms with Gasteiger partial charge in [-0.15, -0.1) is 0 Å². The fourth-order valence-corrected chi connectivity index (χ4v) is 3.55. The zero-order valence-electron chi connectivity index (χ0n) is 14.5. The molecule has 0 spiro atoms. The molecule has 142 valence electrons. The van der Waals surface area contributed by atoms with Crippen LogP contribution in [0.2, 0.25) is 5.02 Å². The summed E-state index contributed by atoms with van der Waals surface area (Å²) in [6.07, 6.45) is 9.32. The number of aromatic amines is 1. The summed E-state index contributed by atoms with van der Waals surface area (Å²) < 4.78 is 16.8. The smallest absolute Gasteiger partial charge is 0.212 e. The highest BCUT2D eigenvalue weighted by Gasteiger charge is 2.25. The van der Waals surface area contributed by atoms with Crippen molar-refractivity contribution in [3.63, 3.8) is 0 Å². The van der Waals surface area contributed by atoms with Crippen LogP contribution in [0.25, 0.3) is 27.8 Å². The number of fused-ring (bicyclic) bond motifs is 2. The molecule has 10 heteroatoms. The number of carbonyl (C=O) groups excluding carboxylic acids is 1. The van der Waals surface area contributed by atoms with Crippen molar-refractivity contribution in [1.82, 2.24) is 24.6 Å². The molecule has 0 saturated heterocycles. The van der Waals surface area contributed by atoms with Crippen molar-refractivity contribution >= 4 is 46.1 Å². The molecule has 1 saturated carbocycles. The number of anilines is 2. The summed E-state index contributed by atoms with van der Waals surface area (Å²) >= 11 is 6.43. The van der Waals surface area contributed by atoms with Gasteiger partial charge in [0.05, 0.1) is 40.5 Å². The molecule has 0 unspecified atom stereocenters. The molecule has 3 aromatic heterocycles. The molecular weight excluding hydrogens is 385 g/mol. The number of hydrogen-bond donors (Lipinski definition) is 3. The van der Waals surface area contributed by atoms with Crippen LogP contribution in [0.4, 0.5) is 15.9 Å². The van der Waals surface area contributed by atoms with Gasteiger partial charge in [-0.2, -0.15) is 5.10 Å². The van der Waals surface area contributed by atoms with Gasteiger partial charge in [0, 0.05) is 23.7 Å². The number of carbonyl (C=O) groups is 1. The van der Waals surface area contributed by atoms with E-state index in [4.69, 9.17) is 11.6 Å². The number of imidazole rings is 1. The van der Waals surface area contributed by atoms with Gasteiger partial charge in [0.25, 0.3) is 0 Å². The fraction of sp³-hybridized carbons (Fsp3) is 0.222. The average molecular weight is 400 g/mol. The number of nitrogens with one attached hydrogen (secondary N) is 3. The largest absolute Gasteiger partial charge is 0.381 e. The first-order valence-corrected chi connectivity index (χ1v) is 9.16. The number of hydrogen-bond acceptors (Lipinski definition) is 5. The van der Waals surface area contributed by atoms with Crippen LogP contribution in [-0.4, -0.2) is 37.5 Å². The molecule has 1 aromatic carbocycles. The Kier molecular flexibility index (Phi) is 3.90. The Bertz CT molecular complexity index is 1210. The third-order valence-electron chi connectivity index (χ3n) is 4.86. The number of amides is 1. The molecule has 0 atom stereocenters. The van der Waals surface area contributed by atoms with Gasteiger partial charge in [-0.25, -0.2) is 9.37 Å². The molecule has 0 bridgehead atoms. The van der Waals surface area contributed by atoms with Crippen LogP contribution >= 0.6 is 11.6 Å². The molecular formula is C18H15ClFN7O. The van der Waals surface area contributed by atoms with Crippen LogP contribution in [-0.2, 0) is 4.79 Å². The summed E-state index contributed by atoms with van der Waals surface area (Å²) in [7, 11) is 0. The van der Waals surface area contributed by atoms with Gasteiger partial charge in [-0.1, -0.05) is 11.6 Å². The van der Waals surface area contributed by atoms with Crippen molar-refractivity contribution in [2.75, 3.05) is 17.2 Å². The van der Waals surface area contributed by atoms with Gasteiger partial charge >= 0.3 is 0 Å². The lowest BCUT2D eigenvalue weighted by Gasteiger charge is -2.13. The van der Waals surface area contributed by atoms with Gasteiger partial charge in [0.1, 0.15) is 0 Å². The van der Waals surface area contributed by atoms with Gasteiger partial charge in [-0.05, 0) is 18.8 Å². The van der Waals surface area contributed by atoms with E-state index in [1.165, 1.54) is 6.20 Å². The SMILES string of the molecule is O=CNc1cn2cc(-c3c(Cl)c(F)c(NCC4CC4)c4[nH]ncc34)ncc2n1. The first-order chi connectivity index (χ1) is 13.7. The van der Waals surface area contributed by atoms with Crippen LogP contribution < -0.4 is 10.6 Å². The van der Waals surface area contributed by atoms with E-state index in [1.54, 1.807) is 23.0 Å². The summed E-state index contributed by atoms with van der Waals surface area (Å²) in [6.45, 7) is 0.701. The predicted molar refractivity (Wildman–Crippen MR) is 104 cm³/mol. The third kappa shape index (κ3) is 2.75. The number of nitrogens with zero attached hydrogens (tertiary/aromatic N) is 4. The highest BCUT2D eigenvalue weighted by atomic mass is 35.5. The molecule has 3 N–H and O–H groups in total. The Morgan fingerprint density at radius 2 is 2.21 bits per heavy atom. The number of benzene rings is 1. The molecule has 1 aliphatic rings. The summed E-state index contributed by atoms with van der Waals surface area (Å²) in [5, 5.41) is 13.2. The van der Waals surface area contributed by atoms with Gasteiger partial charge < -0.3 is 15.0 Å². The second kappa shape index (κ2) is 6.45. The summed E-state index contributed by atoms with van der Waals surface area (Å²) in [6, 6.07) is 0. The van der Waals surface area contributed by atoms with Crippen LogP contribution in [0, 0.1) is 11.7 Å². The summed E-state index contributed by atoms with van der Waals surface area (Å²) in [4.78, 5) is 19.2. The molecule has 1 amide bonds. The predicted octanol–water partition coefficient (Wildman–Crippen LogP) is 3.46. The topological polar surface area (TPSA) is 100 Å². The van der Waals surface area contributed by atoms with Crippen molar-refractivity contribution in [1.29, 1.82) is 0 Å². The first kappa shape index (κ1) is 16.9. The molecule has 8 nitrogen and oxygen atoms in total. The minimum absolute atomic E-state index is 0.0228. The zero-order valence-corrected chi connectivity index (χ0v) is 15.3. The Morgan fingerprint density at radius 1 is 1.36 bits per heavy atom.